The molecule has 5 heteroatoms. The number of carbonyl (C=O) groups is 1. The molecule has 6 atom stereocenters. The zero-order valence-corrected chi connectivity index (χ0v) is 12.1. The fourth-order valence-electron chi connectivity index (χ4n) is 3.66. The number of ketones is 1. The molecule has 2 aliphatic carbocycles. The lowest BCUT2D eigenvalue weighted by molar-refractivity contribution is -0.140. The van der Waals surface area contributed by atoms with Crippen molar-refractivity contribution >= 4 is 5.78 Å². The van der Waals surface area contributed by atoms with Gasteiger partial charge in [0.05, 0.1) is 18.3 Å². The molecule has 2 saturated carbocycles. The first-order valence-corrected chi connectivity index (χ1v) is 7.60. The molecule has 0 aromatic heterocycles. The minimum Gasteiger partial charge on any atom is -0.396 e. The summed E-state index contributed by atoms with van der Waals surface area (Å²) in [6.07, 6.45) is 2.46. The second kappa shape index (κ2) is 6.98. The zero-order chi connectivity index (χ0) is 14.7. The lowest BCUT2D eigenvalue weighted by Crippen LogP contribution is -2.44. The Morgan fingerprint density at radius 1 is 1.05 bits per heavy atom. The highest BCUT2D eigenvalue weighted by Gasteiger charge is 2.41. The number of aliphatic hydroxyl groups is 3. The zero-order valence-electron chi connectivity index (χ0n) is 12.1. The van der Waals surface area contributed by atoms with E-state index in [9.17, 15) is 15.0 Å². The Kier molecular flexibility index (Phi) is 5.55. The summed E-state index contributed by atoms with van der Waals surface area (Å²) >= 11 is 0. The Balaban J connectivity index is 1.94. The van der Waals surface area contributed by atoms with E-state index in [-0.39, 0.29) is 36.2 Å². The third-order valence-corrected chi connectivity index (χ3v) is 5.02. The number of carbonyl (C=O) groups excluding carboxylic acids is 1. The maximum absolute atomic E-state index is 12.5. The largest absolute Gasteiger partial charge is 0.396 e. The normalized spacial score (nSPS) is 42.4. The van der Waals surface area contributed by atoms with Crippen LogP contribution >= 0.6 is 0 Å². The number of Topliss-reactive ketones (excluding diaryl/α,β-unsaturated/α-hetero) is 1. The predicted octanol–water partition coefficient (Wildman–Crippen LogP) is 0.501. The van der Waals surface area contributed by atoms with E-state index in [2.05, 4.69) is 0 Å². The summed E-state index contributed by atoms with van der Waals surface area (Å²) in [6, 6.07) is 0. The van der Waals surface area contributed by atoms with Crippen molar-refractivity contribution in [1.29, 1.82) is 0 Å². The van der Waals surface area contributed by atoms with Gasteiger partial charge in [0.2, 0.25) is 0 Å². The molecule has 0 aromatic rings. The van der Waals surface area contributed by atoms with E-state index >= 15 is 0 Å². The molecule has 116 valence electrons. The molecule has 0 radical (unpaired) electrons. The summed E-state index contributed by atoms with van der Waals surface area (Å²) in [4.78, 5) is 12.5. The molecular weight excluding hydrogens is 260 g/mol. The lowest BCUT2D eigenvalue weighted by Gasteiger charge is -2.37. The Hall–Kier alpha value is -0.490. The molecule has 0 bridgehead atoms. The highest BCUT2D eigenvalue weighted by molar-refractivity contribution is 5.84. The molecule has 5 nitrogen and oxygen atoms in total. The van der Waals surface area contributed by atoms with Crippen molar-refractivity contribution in [3.8, 4) is 0 Å². The van der Waals surface area contributed by atoms with Crippen molar-refractivity contribution in [2.75, 3.05) is 13.7 Å². The fraction of sp³-hybridized carbons (Fsp3) is 0.933. The van der Waals surface area contributed by atoms with Gasteiger partial charge in [-0.3, -0.25) is 4.79 Å². The van der Waals surface area contributed by atoms with Crippen molar-refractivity contribution in [2.45, 2.75) is 56.8 Å². The monoisotopic (exact) mass is 286 g/mol. The highest BCUT2D eigenvalue weighted by Crippen LogP contribution is 2.35. The average molecular weight is 286 g/mol. The molecule has 0 amide bonds. The van der Waals surface area contributed by atoms with Crippen LogP contribution in [0.3, 0.4) is 0 Å². The van der Waals surface area contributed by atoms with E-state index in [0.717, 1.165) is 12.8 Å². The molecule has 3 N–H and O–H groups in total. The van der Waals surface area contributed by atoms with E-state index in [0.29, 0.717) is 25.7 Å². The van der Waals surface area contributed by atoms with Crippen LogP contribution in [0.25, 0.3) is 0 Å². The summed E-state index contributed by atoms with van der Waals surface area (Å²) in [7, 11) is 1.62. The molecule has 0 aliphatic heterocycles. The number of methoxy groups -OCH3 is 1. The first kappa shape index (κ1) is 15.9. The van der Waals surface area contributed by atoms with Gasteiger partial charge in [-0.2, -0.15) is 0 Å². The van der Waals surface area contributed by atoms with Crippen LogP contribution in [0.1, 0.15) is 38.5 Å². The summed E-state index contributed by atoms with van der Waals surface area (Å²) in [5, 5.41) is 29.4. The summed E-state index contributed by atoms with van der Waals surface area (Å²) in [5.41, 5.74) is 0. The maximum atomic E-state index is 12.5. The van der Waals surface area contributed by atoms with Crippen LogP contribution in [0, 0.1) is 17.8 Å². The SMILES string of the molecule is COC1CCC(C(=O)C2CCC(CO)CC2O)C(O)C1. The van der Waals surface area contributed by atoms with Gasteiger partial charge in [-0.05, 0) is 38.0 Å². The molecular formula is C15H26O5. The fourth-order valence-corrected chi connectivity index (χ4v) is 3.66. The molecule has 6 unspecified atom stereocenters. The van der Waals surface area contributed by atoms with Crippen LogP contribution in [-0.4, -0.2) is 53.1 Å². The molecule has 0 aromatic carbocycles. The van der Waals surface area contributed by atoms with Gasteiger partial charge in [0.15, 0.2) is 0 Å². The Labute approximate surface area is 119 Å². The number of rotatable bonds is 4. The van der Waals surface area contributed by atoms with Gasteiger partial charge in [-0.1, -0.05) is 0 Å². The Morgan fingerprint density at radius 3 is 2.15 bits per heavy atom. The smallest absolute Gasteiger partial charge is 0.144 e. The second-order valence-corrected chi connectivity index (χ2v) is 6.28. The third kappa shape index (κ3) is 3.39. The quantitative estimate of drug-likeness (QED) is 0.700. The van der Waals surface area contributed by atoms with Crippen LogP contribution in [0.5, 0.6) is 0 Å². The number of ether oxygens (including phenoxy) is 1. The van der Waals surface area contributed by atoms with E-state index in [1.807, 2.05) is 0 Å². The van der Waals surface area contributed by atoms with Crippen molar-refractivity contribution in [3.05, 3.63) is 0 Å². The molecule has 0 saturated heterocycles. The van der Waals surface area contributed by atoms with Gasteiger partial charge in [-0.25, -0.2) is 0 Å². The Bertz CT molecular complexity index is 302. The van der Waals surface area contributed by atoms with E-state index < -0.39 is 12.2 Å². The third-order valence-electron chi connectivity index (χ3n) is 5.02. The summed E-state index contributed by atoms with van der Waals surface area (Å²) in [6.45, 7) is 0.0690. The lowest BCUT2D eigenvalue weighted by atomic mass is 9.71. The standard InChI is InChI=1S/C15H26O5/c1-20-10-3-5-12(14(18)7-10)15(19)11-4-2-9(8-16)6-13(11)17/h9-14,16-18H,2-8H2,1H3. The van der Waals surface area contributed by atoms with Gasteiger partial charge >= 0.3 is 0 Å². The molecule has 2 aliphatic rings. The highest BCUT2D eigenvalue weighted by atomic mass is 16.5. The molecule has 2 fully saturated rings. The van der Waals surface area contributed by atoms with Gasteiger partial charge < -0.3 is 20.1 Å². The van der Waals surface area contributed by atoms with E-state index in [1.165, 1.54) is 0 Å². The molecule has 0 heterocycles. The van der Waals surface area contributed by atoms with Crippen LogP contribution in [0.15, 0.2) is 0 Å². The van der Waals surface area contributed by atoms with Gasteiger partial charge in [0.1, 0.15) is 5.78 Å². The topological polar surface area (TPSA) is 87.0 Å². The van der Waals surface area contributed by atoms with Crippen molar-refractivity contribution < 1.29 is 24.9 Å². The molecule has 20 heavy (non-hydrogen) atoms. The average Bonchev–Trinajstić information content (AvgIpc) is 2.46. The molecule has 2 rings (SSSR count). The van der Waals surface area contributed by atoms with Gasteiger partial charge in [-0.15, -0.1) is 0 Å². The first-order valence-electron chi connectivity index (χ1n) is 7.60. The van der Waals surface area contributed by atoms with Gasteiger partial charge in [0.25, 0.3) is 0 Å². The Morgan fingerprint density at radius 2 is 1.65 bits per heavy atom. The predicted molar refractivity (Wildman–Crippen MR) is 73.1 cm³/mol. The minimum absolute atomic E-state index is 0.00376. The van der Waals surface area contributed by atoms with E-state index in [4.69, 9.17) is 9.84 Å². The number of hydrogen-bond donors (Lipinski definition) is 3. The molecule has 0 spiro atoms. The van der Waals surface area contributed by atoms with Crippen molar-refractivity contribution in [1.82, 2.24) is 0 Å². The van der Waals surface area contributed by atoms with Crippen molar-refractivity contribution in [2.24, 2.45) is 17.8 Å². The number of hydrogen-bond acceptors (Lipinski definition) is 5. The number of aliphatic hydroxyl groups excluding tert-OH is 3. The summed E-state index contributed by atoms with van der Waals surface area (Å²) < 4.78 is 5.24. The van der Waals surface area contributed by atoms with Crippen molar-refractivity contribution in [3.63, 3.8) is 0 Å². The first-order chi connectivity index (χ1) is 9.56. The van der Waals surface area contributed by atoms with Crippen LogP contribution in [0.4, 0.5) is 0 Å². The second-order valence-electron chi connectivity index (χ2n) is 6.28. The van der Waals surface area contributed by atoms with Crippen LogP contribution < -0.4 is 0 Å². The van der Waals surface area contributed by atoms with Crippen LogP contribution in [0.2, 0.25) is 0 Å². The van der Waals surface area contributed by atoms with Gasteiger partial charge in [0, 0.05) is 32.0 Å². The summed E-state index contributed by atoms with van der Waals surface area (Å²) in [5.74, 6) is -0.651. The van der Waals surface area contributed by atoms with E-state index in [1.54, 1.807) is 7.11 Å². The minimum atomic E-state index is -0.680. The van der Waals surface area contributed by atoms with Crippen LogP contribution in [-0.2, 0) is 9.53 Å². The maximum Gasteiger partial charge on any atom is 0.144 e.